The summed E-state index contributed by atoms with van der Waals surface area (Å²) in [5.74, 6) is -1.39. The predicted molar refractivity (Wildman–Crippen MR) is 62.4 cm³/mol. The molecule has 0 saturated heterocycles. The van der Waals surface area contributed by atoms with Gasteiger partial charge in [-0.2, -0.15) is 0 Å². The fourth-order valence-corrected chi connectivity index (χ4v) is 1.90. The van der Waals surface area contributed by atoms with Crippen LogP contribution in [0.5, 0.6) is 0 Å². The number of carboxylic acid groups (broad SMARTS) is 1. The fraction of sp³-hybridized carbons (Fsp3) is 0.667. The molecule has 0 bridgehead atoms. The molecule has 0 aromatic carbocycles. The minimum Gasteiger partial charge on any atom is -0.480 e. The standard InChI is InChI=1S/C12H19NO4/c14-7-6-10(12(16)17)13-11(15)8-9-4-2-1-3-5-9/h4,10,14H,1-3,5-8H2,(H,13,15)(H,16,17). The van der Waals surface area contributed by atoms with Crippen LogP contribution < -0.4 is 5.32 Å². The summed E-state index contributed by atoms with van der Waals surface area (Å²) in [5, 5.41) is 19.9. The Bertz CT molecular complexity index is 312. The highest BCUT2D eigenvalue weighted by atomic mass is 16.4. The van der Waals surface area contributed by atoms with Gasteiger partial charge in [0.1, 0.15) is 6.04 Å². The zero-order valence-corrected chi connectivity index (χ0v) is 9.82. The van der Waals surface area contributed by atoms with Crippen LogP contribution in [0.25, 0.3) is 0 Å². The Balaban J connectivity index is 2.41. The van der Waals surface area contributed by atoms with E-state index >= 15 is 0 Å². The maximum absolute atomic E-state index is 11.6. The summed E-state index contributed by atoms with van der Waals surface area (Å²) in [5.41, 5.74) is 1.09. The lowest BCUT2D eigenvalue weighted by atomic mass is 9.97. The van der Waals surface area contributed by atoms with Crippen LogP contribution in [0.2, 0.25) is 0 Å². The molecule has 1 atom stereocenters. The quantitative estimate of drug-likeness (QED) is 0.601. The molecule has 0 saturated carbocycles. The first-order valence-electron chi connectivity index (χ1n) is 5.94. The molecule has 5 heteroatoms. The molecule has 0 aliphatic heterocycles. The lowest BCUT2D eigenvalue weighted by molar-refractivity contribution is -0.142. The molecule has 0 heterocycles. The first kappa shape index (κ1) is 13.7. The fourth-order valence-electron chi connectivity index (χ4n) is 1.90. The normalized spacial score (nSPS) is 17.1. The number of allylic oxidation sites excluding steroid dienone is 1. The van der Waals surface area contributed by atoms with Gasteiger partial charge in [-0.05, 0) is 25.7 Å². The second kappa shape index (κ2) is 7.06. The summed E-state index contributed by atoms with van der Waals surface area (Å²) in [6.07, 6.45) is 6.55. The molecule has 0 aromatic rings. The average Bonchev–Trinajstić information content (AvgIpc) is 2.29. The van der Waals surface area contributed by atoms with E-state index < -0.39 is 12.0 Å². The highest BCUT2D eigenvalue weighted by Gasteiger charge is 2.19. The van der Waals surface area contributed by atoms with E-state index in [-0.39, 0.29) is 25.4 Å². The Morgan fingerprint density at radius 3 is 2.71 bits per heavy atom. The van der Waals surface area contributed by atoms with Crippen LogP contribution >= 0.6 is 0 Å². The van der Waals surface area contributed by atoms with Crippen molar-refractivity contribution in [2.45, 2.75) is 44.6 Å². The number of nitrogens with one attached hydrogen (secondary N) is 1. The summed E-state index contributed by atoms with van der Waals surface area (Å²) in [7, 11) is 0. The van der Waals surface area contributed by atoms with E-state index in [1.54, 1.807) is 0 Å². The topological polar surface area (TPSA) is 86.6 Å². The van der Waals surface area contributed by atoms with Gasteiger partial charge in [-0.15, -0.1) is 0 Å². The molecule has 0 spiro atoms. The predicted octanol–water partition coefficient (Wildman–Crippen LogP) is 0.829. The van der Waals surface area contributed by atoms with Gasteiger partial charge in [0.05, 0.1) is 0 Å². The molecule has 0 radical (unpaired) electrons. The number of carbonyl (C=O) groups is 2. The Morgan fingerprint density at radius 2 is 2.18 bits per heavy atom. The highest BCUT2D eigenvalue weighted by molar-refractivity contribution is 5.84. The van der Waals surface area contributed by atoms with Gasteiger partial charge >= 0.3 is 5.97 Å². The maximum Gasteiger partial charge on any atom is 0.326 e. The van der Waals surface area contributed by atoms with Gasteiger partial charge in [0.25, 0.3) is 0 Å². The van der Waals surface area contributed by atoms with E-state index in [4.69, 9.17) is 10.2 Å². The molecule has 5 nitrogen and oxygen atoms in total. The first-order valence-corrected chi connectivity index (χ1v) is 5.94. The van der Waals surface area contributed by atoms with Crippen molar-refractivity contribution in [3.63, 3.8) is 0 Å². The molecule has 17 heavy (non-hydrogen) atoms. The minimum atomic E-state index is -1.11. The molecule has 0 aromatic heterocycles. The van der Waals surface area contributed by atoms with Crippen molar-refractivity contribution in [2.24, 2.45) is 0 Å². The van der Waals surface area contributed by atoms with Crippen LogP contribution in [-0.2, 0) is 9.59 Å². The lowest BCUT2D eigenvalue weighted by Crippen LogP contribution is -2.41. The number of aliphatic hydroxyl groups excluding tert-OH is 1. The number of hydrogen-bond donors (Lipinski definition) is 3. The SMILES string of the molecule is O=C(CC1=CCCCC1)NC(CCO)C(=O)O. The number of rotatable bonds is 6. The van der Waals surface area contributed by atoms with E-state index in [1.165, 1.54) is 0 Å². The molecule has 1 amide bonds. The second-order valence-corrected chi connectivity index (χ2v) is 4.26. The van der Waals surface area contributed by atoms with Crippen molar-refractivity contribution < 1.29 is 19.8 Å². The number of carboxylic acids is 1. The van der Waals surface area contributed by atoms with Crippen LogP contribution in [0.15, 0.2) is 11.6 Å². The van der Waals surface area contributed by atoms with Crippen LogP contribution in [0, 0.1) is 0 Å². The molecular weight excluding hydrogens is 222 g/mol. The number of hydrogen-bond acceptors (Lipinski definition) is 3. The Morgan fingerprint density at radius 1 is 1.41 bits per heavy atom. The molecule has 1 aliphatic rings. The number of amides is 1. The van der Waals surface area contributed by atoms with Crippen LogP contribution in [0.3, 0.4) is 0 Å². The van der Waals surface area contributed by atoms with E-state index in [1.807, 2.05) is 0 Å². The summed E-state index contributed by atoms with van der Waals surface area (Å²) in [6.45, 7) is -0.250. The molecule has 0 fully saturated rings. The smallest absolute Gasteiger partial charge is 0.326 e. The van der Waals surface area contributed by atoms with Crippen LogP contribution in [0.1, 0.15) is 38.5 Å². The number of carbonyl (C=O) groups excluding carboxylic acids is 1. The third-order valence-corrected chi connectivity index (χ3v) is 2.82. The lowest BCUT2D eigenvalue weighted by Gasteiger charge is -2.16. The molecular formula is C12H19NO4. The molecule has 1 rings (SSSR count). The summed E-state index contributed by atoms with van der Waals surface area (Å²) in [6, 6.07) is -0.989. The molecule has 96 valence electrons. The van der Waals surface area contributed by atoms with Crippen molar-refractivity contribution in [1.29, 1.82) is 0 Å². The van der Waals surface area contributed by atoms with Crippen LogP contribution in [0.4, 0.5) is 0 Å². The summed E-state index contributed by atoms with van der Waals surface area (Å²) in [4.78, 5) is 22.4. The van der Waals surface area contributed by atoms with E-state index in [2.05, 4.69) is 11.4 Å². The van der Waals surface area contributed by atoms with Gasteiger partial charge in [0, 0.05) is 19.4 Å². The number of aliphatic carboxylic acids is 1. The maximum atomic E-state index is 11.6. The van der Waals surface area contributed by atoms with Crippen molar-refractivity contribution in [3.8, 4) is 0 Å². The zero-order valence-electron chi connectivity index (χ0n) is 9.82. The van der Waals surface area contributed by atoms with Gasteiger partial charge in [0.15, 0.2) is 0 Å². The molecule has 1 aliphatic carbocycles. The zero-order chi connectivity index (χ0) is 12.7. The van der Waals surface area contributed by atoms with Crippen molar-refractivity contribution in [3.05, 3.63) is 11.6 Å². The monoisotopic (exact) mass is 241 g/mol. The Labute approximate surface area is 101 Å². The minimum absolute atomic E-state index is 0.0418. The average molecular weight is 241 g/mol. The van der Waals surface area contributed by atoms with Gasteiger partial charge < -0.3 is 15.5 Å². The van der Waals surface area contributed by atoms with E-state index in [0.717, 1.165) is 31.3 Å². The van der Waals surface area contributed by atoms with Gasteiger partial charge in [-0.25, -0.2) is 4.79 Å². The summed E-state index contributed by atoms with van der Waals surface area (Å²) >= 11 is 0. The number of aliphatic hydroxyl groups is 1. The van der Waals surface area contributed by atoms with Gasteiger partial charge in [-0.3, -0.25) is 4.79 Å². The van der Waals surface area contributed by atoms with Crippen LogP contribution in [-0.4, -0.2) is 34.7 Å². The van der Waals surface area contributed by atoms with Crippen molar-refractivity contribution in [2.75, 3.05) is 6.61 Å². The van der Waals surface area contributed by atoms with Crippen molar-refractivity contribution in [1.82, 2.24) is 5.32 Å². The Hall–Kier alpha value is -1.36. The molecule has 1 unspecified atom stereocenters. The molecule has 3 N–H and O–H groups in total. The third-order valence-electron chi connectivity index (χ3n) is 2.82. The van der Waals surface area contributed by atoms with Gasteiger partial charge in [-0.1, -0.05) is 11.6 Å². The third kappa shape index (κ3) is 4.99. The van der Waals surface area contributed by atoms with E-state index in [0.29, 0.717) is 0 Å². The largest absolute Gasteiger partial charge is 0.480 e. The van der Waals surface area contributed by atoms with E-state index in [9.17, 15) is 9.59 Å². The van der Waals surface area contributed by atoms with Gasteiger partial charge in [0.2, 0.25) is 5.91 Å². The Kier molecular flexibility index (Phi) is 5.69. The highest BCUT2D eigenvalue weighted by Crippen LogP contribution is 2.19. The van der Waals surface area contributed by atoms with Crippen molar-refractivity contribution >= 4 is 11.9 Å². The first-order chi connectivity index (χ1) is 8.13. The second-order valence-electron chi connectivity index (χ2n) is 4.26. The summed E-state index contributed by atoms with van der Waals surface area (Å²) < 4.78 is 0.